The molecule has 9 nitrogen and oxygen atoms in total. The molecule has 0 spiro atoms. The number of hydrogen-bond acceptors (Lipinski definition) is 6. The van der Waals surface area contributed by atoms with Gasteiger partial charge in [0.15, 0.2) is 11.5 Å². The summed E-state index contributed by atoms with van der Waals surface area (Å²) in [7, 11) is 0. The predicted octanol–water partition coefficient (Wildman–Crippen LogP) is 2.08. The zero-order chi connectivity index (χ0) is 18.7. The van der Waals surface area contributed by atoms with Crippen LogP contribution in [0.25, 0.3) is 0 Å². The molecule has 9 heteroatoms. The van der Waals surface area contributed by atoms with E-state index < -0.39 is 22.8 Å². The second kappa shape index (κ2) is 7.09. The van der Waals surface area contributed by atoms with Crippen LogP contribution in [-0.4, -0.2) is 29.6 Å². The van der Waals surface area contributed by atoms with Crippen molar-refractivity contribution in [2.45, 2.75) is 13.0 Å². The number of benzene rings is 2. The molecule has 1 aliphatic heterocycles. The number of nitro groups is 1. The monoisotopic (exact) mass is 357 g/mol. The Morgan fingerprint density at radius 3 is 2.69 bits per heavy atom. The van der Waals surface area contributed by atoms with Gasteiger partial charge in [0.2, 0.25) is 12.7 Å². The average molecular weight is 357 g/mol. The fourth-order valence-electron chi connectivity index (χ4n) is 2.33. The van der Waals surface area contributed by atoms with Gasteiger partial charge in [-0.05, 0) is 25.1 Å². The third-order valence-electron chi connectivity index (χ3n) is 3.70. The summed E-state index contributed by atoms with van der Waals surface area (Å²) in [5.41, 5.74) is 0.396. The summed E-state index contributed by atoms with van der Waals surface area (Å²) in [6.07, 6.45) is 0. The van der Waals surface area contributed by atoms with Gasteiger partial charge in [0.25, 0.3) is 11.6 Å². The molecular formula is C17H15N3O6. The number of amides is 2. The van der Waals surface area contributed by atoms with Gasteiger partial charge in [-0.3, -0.25) is 19.7 Å². The molecule has 134 valence electrons. The molecule has 0 saturated heterocycles. The summed E-state index contributed by atoms with van der Waals surface area (Å²) in [6, 6.07) is 9.37. The number of non-ortho nitro benzene ring substituents is 1. The standard InChI is InChI=1S/C17H15N3O6/c1-10(18-17(22)11-3-2-4-13(7-11)20(23)24)16(21)19-12-5-6-14-15(8-12)26-9-25-14/h2-8,10H,9H2,1H3,(H,18,22)(H,19,21)/t10-/m0/s1. The fourth-order valence-corrected chi connectivity index (χ4v) is 2.33. The van der Waals surface area contributed by atoms with Gasteiger partial charge in [-0.2, -0.15) is 0 Å². The Bertz CT molecular complexity index is 883. The van der Waals surface area contributed by atoms with Crippen LogP contribution in [0.4, 0.5) is 11.4 Å². The minimum Gasteiger partial charge on any atom is -0.454 e. The Balaban J connectivity index is 1.62. The Morgan fingerprint density at radius 1 is 1.15 bits per heavy atom. The van der Waals surface area contributed by atoms with Crippen molar-refractivity contribution in [1.82, 2.24) is 5.32 Å². The van der Waals surface area contributed by atoms with E-state index in [0.29, 0.717) is 17.2 Å². The average Bonchev–Trinajstić information content (AvgIpc) is 3.09. The summed E-state index contributed by atoms with van der Waals surface area (Å²) in [5.74, 6) is 0.0933. The van der Waals surface area contributed by atoms with Crippen molar-refractivity contribution in [3.63, 3.8) is 0 Å². The number of carbonyl (C=O) groups is 2. The number of rotatable bonds is 5. The van der Waals surface area contributed by atoms with E-state index in [4.69, 9.17) is 9.47 Å². The highest BCUT2D eigenvalue weighted by Crippen LogP contribution is 2.34. The molecule has 1 atom stereocenters. The normalized spacial score (nSPS) is 13.0. The smallest absolute Gasteiger partial charge is 0.270 e. The first-order chi connectivity index (χ1) is 12.4. The van der Waals surface area contributed by atoms with Crippen molar-refractivity contribution in [2.75, 3.05) is 12.1 Å². The molecule has 3 rings (SSSR count). The van der Waals surface area contributed by atoms with Gasteiger partial charge >= 0.3 is 0 Å². The van der Waals surface area contributed by atoms with Crippen LogP contribution in [0, 0.1) is 10.1 Å². The van der Waals surface area contributed by atoms with E-state index in [9.17, 15) is 19.7 Å². The van der Waals surface area contributed by atoms with Crippen molar-refractivity contribution in [1.29, 1.82) is 0 Å². The lowest BCUT2D eigenvalue weighted by Gasteiger charge is -2.14. The number of nitro benzene ring substituents is 1. The highest BCUT2D eigenvalue weighted by Gasteiger charge is 2.20. The molecule has 2 aromatic carbocycles. The molecule has 0 unspecified atom stereocenters. The third kappa shape index (κ3) is 3.72. The molecule has 1 aliphatic rings. The van der Waals surface area contributed by atoms with Gasteiger partial charge in [-0.1, -0.05) is 6.07 Å². The topological polar surface area (TPSA) is 120 Å². The highest BCUT2D eigenvalue weighted by molar-refractivity contribution is 6.01. The molecule has 0 aromatic heterocycles. The number of nitrogens with zero attached hydrogens (tertiary/aromatic N) is 1. The van der Waals surface area contributed by atoms with Crippen molar-refractivity contribution in [2.24, 2.45) is 0 Å². The molecule has 0 saturated carbocycles. The van der Waals surface area contributed by atoms with Gasteiger partial charge < -0.3 is 20.1 Å². The lowest BCUT2D eigenvalue weighted by molar-refractivity contribution is -0.384. The van der Waals surface area contributed by atoms with Gasteiger partial charge in [-0.15, -0.1) is 0 Å². The second-order valence-corrected chi connectivity index (χ2v) is 5.56. The van der Waals surface area contributed by atoms with Gasteiger partial charge in [0.05, 0.1) is 4.92 Å². The highest BCUT2D eigenvalue weighted by atomic mass is 16.7. The van der Waals surface area contributed by atoms with E-state index in [2.05, 4.69) is 10.6 Å². The Morgan fingerprint density at radius 2 is 1.92 bits per heavy atom. The summed E-state index contributed by atoms with van der Waals surface area (Å²) < 4.78 is 10.4. The summed E-state index contributed by atoms with van der Waals surface area (Å²) in [4.78, 5) is 34.6. The van der Waals surface area contributed by atoms with E-state index in [-0.39, 0.29) is 18.0 Å². The van der Waals surface area contributed by atoms with Crippen molar-refractivity contribution in [3.05, 3.63) is 58.1 Å². The van der Waals surface area contributed by atoms with Crippen LogP contribution in [0.3, 0.4) is 0 Å². The number of anilines is 1. The number of carbonyl (C=O) groups excluding carboxylic acids is 2. The van der Waals surface area contributed by atoms with Gasteiger partial charge in [0.1, 0.15) is 6.04 Å². The van der Waals surface area contributed by atoms with Crippen LogP contribution < -0.4 is 20.1 Å². The van der Waals surface area contributed by atoms with Crippen LogP contribution in [0.15, 0.2) is 42.5 Å². The van der Waals surface area contributed by atoms with E-state index in [0.717, 1.165) is 6.07 Å². The lowest BCUT2D eigenvalue weighted by atomic mass is 10.1. The maximum atomic E-state index is 12.2. The number of fused-ring (bicyclic) bond motifs is 1. The first-order valence-corrected chi connectivity index (χ1v) is 7.70. The van der Waals surface area contributed by atoms with E-state index >= 15 is 0 Å². The zero-order valence-electron chi connectivity index (χ0n) is 13.7. The van der Waals surface area contributed by atoms with E-state index in [1.54, 1.807) is 18.2 Å². The SMILES string of the molecule is C[C@H](NC(=O)c1cccc([N+](=O)[O-])c1)C(=O)Nc1ccc2c(c1)OCO2. The minimum atomic E-state index is -0.854. The van der Waals surface area contributed by atoms with Crippen LogP contribution in [-0.2, 0) is 4.79 Å². The molecule has 2 N–H and O–H groups in total. The van der Waals surface area contributed by atoms with Crippen LogP contribution in [0.1, 0.15) is 17.3 Å². The van der Waals surface area contributed by atoms with Gasteiger partial charge in [0, 0.05) is 29.4 Å². The molecule has 0 aliphatic carbocycles. The van der Waals surface area contributed by atoms with Crippen molar-refractivity contribution < 1.29 is 24.0 Å². The van der Waals surface area contributed by atoms with Crippen LogP contribution in [0.5, 0.6) is 11.5 Å². The lowest BCUT2D eigenvalue weighted by Crippen LogP contribution is -2.41. The van der Waals surface area contributed by atoms with Crippen molar-refractivity contribution in [3.8, 4) is 11.5 Å². The number of hydrogen-bond donors (Lipinski definition) is 2. The minimum absolute atomic E-state index is 0.0990. The summed E-state index contributed by atoms with van der Waals surface area (Å²) in [6.45, 7) is 1.64. The molecule has 2 amide bonds. The molecule has 1 heterocycles. The first kappa shape index (κ1) is 17.2. The molecular weight excluding hydrogens is 342 g/mol. The van der Waals surface area contributed by atoms with Crippen molar-refractivity contribution >= 4 is 23.2 Å². The predicted molar refractivity (Wildman–Crippen MR) is 91.2 cm³/mol. The molecule has 0 fully saturated rings. The van der Waals surface area contributed by atoms with E-state index in [1.807, 2.05) is 0 Å². The van der Waals surface area contributed by atoms with E-state index in [1.165, 1.54) is 25.1 Å². The Labute approximate surface area is 148 Å². The number of nitrogens with one attached hydrogen (secondary N) is 2. The number of ether oxygens (including phenoxy) is 2. The zero-order valence-corrected chi connectivity index (χ0v) is 13.7. The Kier molecular flexibility index (Phi) is 4.70. The molecule has 2 aromatic rings. The largest absolute Gasteiger partial charge is 0.454 e. The van der Waals surface area contributed by atoms with Crippen LogP contribution >= 0.6 is 0 Å². The summed E-state index contributed by atoms with van der Waals surface area (Å²) >= 11 is 0. The maximum Gasteiger partial charge on any atom is 0.270 e. The Hall–Kier alpha value is -3.62. The van der Waals surface area contributed by atoms with Crippen LogP contribution in [0.2, 0.25) is 0 Å². The second-order valence-electron chi connectivity index (χ2n) is 5.56. The van der Waals surface area contributed by atoms with Gasteiger partial charge in [-0.25, -0.2) is 0 Å². The molecule has 26 heavy (non-hydrogen) atoms. The maximum absolute atomic E-state index is 12.2. The summed E-state index contributed by atoms with van der Waals surface area (Å²) in [5, 5.41) is 15.9. The molecule has 0 bridgehead atoms. The first-order valence-electron chi connectivity index (χ1n) is 7.70. The molecule has 0 radical (unpaired) electrons. The fraction of sp³-hybridized carbons (Fsp3) is 0.176. The third-order valence-corrected chi connectivity index (χ3v) is 3.70. The quantitative estimate of drug-likeness (QED) is 0.624.